The van der Waals surface area contributed by atoms with Crippen LogP contribution < -0.4 is 4.74 Å². The SMILES string of the molecule is COc1ccccc1CN1Cc2ccccc2N=C1N1CCN(Cc2ccccc2)CC1.O=C(O)/C=C/C(=O)O. The van der Waals surface area contributed by atoms with E-state index in [1.54, 1.807) is 7.11 Å². The molecule has 3 aromatic rings. The highest BCUT2D eigenvalue weighted by atomic mass is 16.5. The number of aliphatic imine (C=N–C) groups is 1. The summed E-state index contributed by atoms with van der Waals surface area (Å²) in [5.41, 5.74) is 4.92. The van der Waals surface area contributed by atoms with E-state index >= 15 is 0 Å². The van der Waals surface area contributed by atoms with Crippen LogP contribution in [0.1, 0.15) is 16.7 Å². The molecule has 0 saturated carbocycles. The summed E-state index contributed by atoms with van der Waals surface area (Å²) in [4.78, 5) is 31.6. The largest absolute Gasteiger partial charge is 0.496 e. The van der Waals surface area contributed by atoms with Gasteiger partial charge in [0.05, 0.1) is 12.8 Å². The maximum atomic E-state index is 9.55. The summed E-state index contributed by atoms with van der Waals surface area (Å²) in [5.74, 6) is -0.507. The number of carbonyl (C=O) groups is 2. The van der Waals surface area contributed by atoms with E-state index in [0.717, 1.165) is 63.2 Å². The Balaban J connectivity index is 0.000000406. The summed E-state index contributed by atoms with van der Waals surface area (Å²) < 4.78 is 5.62. The molecule has 5 rings (SSSR count). The second-order valence-electron chi connectivity index (χ2n) is 9.47. The van der Waals surface area contributed by atoms with Crippen LogP contribution in [0.15, 0.2) is 96.0 Å². The summed E-state index contributed by atoms with van der Waals surface area (Å²) in [5, 5.41) is 15.6. The van der Waals surface area contributed by atoms with Gasteiger partial charge in [0.25, 0.3) is 0 Å². The van der Waals surface area contributed by atoms with Gasteiger partial charge in [-0.15, -0.1) is 0 Å². The second kappa shape index (κ2) is 14.0. The number of carboxylic acid groups (broad SMARTS) is 2. The van der Waals surface area contributed by atoms with Crippen molar-refractivity contribution in [2.45, 2.75) is 19.6 Å². The number of piperazine rings is 1. The molecule has 40 heavy (non-hydrogen) atoms. The molecule has 9 heteroatoms. The lowest BCUT2D eigenvalue weighted by Gasteiger charge is -2.41. The molecule has 0 amide bonds. The lowest BCUT2D eigenvalue weighted by atomic mass is 10.1. The fraction of sp³-hybridized carbons (Fsp3) is 0.258. The number of fused-ring (bicyclic) bond motifs is 1. The van der Waals surface area contributed by atoms with Gasteiger partial charge in [0.1, 0.15) is 5.75 Å². The van der Waals surface area contributed by atoms with Crippen molar-refractivity contribution in [3.8, 4) is 5.75 Å². The number of benzene rings is 3. The average Bonchev–Trinajstić information content (AvgIpc) is 2.97. The van der Waals surface area contributed by atoms with Gasteiger partial charge < -0.3 is 24.7 Å². The first kappa shape index (κ1) is 28.4. The molecule has 1 saturated heterocycles. The lowest BCUT2D eigenvalue weighted by molar-refractivity contribution is -0.134. The van der Waals surface area contributed by atoms with E-state index in [1.165, 1.54) is 16.7 Å². The van der Waals surface area contributed by atoms with E-state index in [-0.39, 0.29) is 0 Å². The third kappa shape index (κ3) is 7.94. The molecular formula is C31H34N4O5. The number of ether oxygens (including phenoxy) is 1. The maximum absolute atomic E-state index is 9.55. The molecule has 0 spiro atoms. The Bertz CT molecular complexity index is 1330. The van der Waals surface area contributed by atoms with Gasteiger partial charge in [0, 0.05) is 63.5 Å². The Morgan fingerprint density at radius 2 is 1.45 bits per heavy atom. The van der Waals surface area contributed by atoms with Crippen LogP contribution in [0, 0.1) is 0 Å². The van der Waals surface area contributed by atoms with Gasteiger partial charge in [-0.1, -0.05) is 66.7 Å². The molecule has 1 fully saturated rings. The third-order valence-corrected chi connectivity index (χ3v) is 6.68. The predicted molar refractivity (Wildman–Crippen MR) is 153 cm³/mol. The minimum absolute atomic E-state index is 0.558. The van der Waals surface area contributed by atoms with E-state index in [1.807, 2.05) is 12.1 Å². The van der Waals surface area contributed by atoms with Crippen molar-refractivity contribution in [1.29, 1.82) is 0 Å². The van der Waals surface area contributed by atoms with Crippen LogP contribution in [0.2, 0.25) is 0 Å². The monoisotopic (exact) mass is 542 g/mol. The Kier molecular flexibility index (Phi) is 9.90. The molecule has 0 unspecified atom stereocenters. The molecule has 2 aliphatic rings. The number of para-hydroxylation sites is 2. The number of methoxy groups -OCH3 is 1. The third-order valence-electron chi connectivity index (χ3n) is 6.68. The van der Waals surface area contributed by atoms with Crippen LogP contribution >= 0.6 is 0 Å². The molecule has 2 aliphatic heterocycles. The molecule has 0 aromatic heterocycles. The number of hydrogen-bond acceptors (Lipinski definition) is 7. The van der Waals surface area contributed by atoms with Crippen molar-refractivity contribution in [3.63, 3.8) is 0 Å². The highest BCUT2D eigenvalue weighted by Gasteiger charge is 2.28. The van der Waals surface area contributed by atoms with E-state index in [9.17, 15) is 9.59 Å². The molecule has 3 aromatic carbocycles. The minimum atomic E-state index is -1.26. The zero-order chi connectivity index (χ0) is 28.3. The molecule has 208 valence electrons. The molecular weight excluding hydrogens is 508 g/mol. The molecule has 2 N–H and O–H groups in total. The summed E-state index contributed by atoms with van der Waals surface area (Å²) in [6, 6.07) is 27.5. The van der Waals surface area contributed by atoms with Crippen molar-refractivity contribution >= 4 is 23.6 Å². The summed E-state index contributed by atoms with van der Waals surface area (Å²) >= 11 is 0. The van der Waals surface area contributed by atoms with E-state index in [0.29, 0.717) is 12.2 Å². The Labute approximate surface area is 234 Å². The van der Waals surface area contributed by atoms with Gasteiger partial charge in [-0.25, -0.2) is 14.6 Å². The van der Waals surface area contributed by atoms with Gasteiger partial charge in [0.15, 0.2) is 0 Å². The van der Waals surface area contributed by atoms with E-state index in [2.05, 4.69) is 81.4 Å². The molecule has 2 heterocycles. The van der Waals surface area contributed by atoms with Crippen molar-refractivity contribution in [2.24, 2.45) is 4.99 Å². The minimum Gasteiger partial charge on any atom is -0.496 e. The number of nitrogens with zero attached hydrogens (tertiary/aromatic N) is 4. The molecule has 9 nitrogen and oxygen atoms in total. The number of aliphatic carboxylic acids is 2. The van der Waals surface area contributed by atoms with Gasteiger partial charge >= 0.3 is 11.9 Å². The van der Waals surface area contributed by atoms with Crippen molar-refractivity contribution < 1.29 is 24.5 Å². The quantitative estimate of drug-likeness (QED) is 0.428. The van der Waals surface area contributed by atoms with Gasteiger partial charge in [-0.3, -0.25) is 4.90 Å². The number of hydrogen-bond donors (Lipinski definition) is 2. The summed E-state index contributed by atoms with van der Waals surface area (Å²) in [6.45, 7) is 6.69. The topological polar surface area (TPSA) is 106 Å². The van der Waals surface area contributed by atoms with Crippen LogP contribution in [0.4, 0.5) is 5.69 Å². The van der Waals surface area contributed by atoms with Crippen LogP contribution in [-0.2, 0) is 29.2 Å². The fourth-order valence-corrected chi connectivity index (χ4v) is 4.74. The van der Waals surface area contributed by atoms with Crippen LogP contribution in [0.3, 0.4) is 0 Å². The average molecular weight is 543 g/mol. The zero-order valence-corrected chi connectivity index (χ0v) is 22.5. The normalized spacial score (nSPS) is 15.1. The van der Waals surface area contributed by atoms with E-state index < -0.39 is 11.9 Å². The first-order valence-electron chi connectivity index (χ1n) is 13.1. The van der Waals surface area contributed by atoms with Crippen LogP contribution in [0.5, 0.6) is 5.75 Å². The van der Waals surface area contributed by atoms with Crippen molar-refractivity contribution in [1.82, 2.24) is 14.7 Å². The molecule has 0 atom stereocenters. The first-order chi connectivity index (χ1) is 19.4. The van der Waals surface area contributed by atoms with Gasteiger partial charge in [-0.05, 0) is 23.3 Å². The van der Waals surface area contributed by atoms with Crippen molar-refractivity contribution in [2.75, 3.05) is 33.3 Å². The van der Waals surface area contributed by atoms with Crippen LogP contribution in [-0.4, -0.2) is 76.1 Å². The first-order valence-corrected chi connectivity index (χ1v) is 13.1. The smallest absolute Gasteiger partial charge is 0.328 e. The Morgan fingerprint density at radius 3 is 2.12 bits per heavy atom. The highest BCUT2D eigenvalue weighted by molar-refractivity contribution is 5.89. The fourth-order valence-electron chi connectivity index (χ4n) is 4.74. The number of carboxylic acids is 2. The standard InChI is InChI=1S/C27H30N4O.C4H4O4/c1-32-26-14-8-6-12-24(26)21-31-20-23-11-5-7-13-25(23)28-27(31)30-17-15-29(16-18-30)19-22-9-3-2-4-10-22;5-3(6)1-2-4(7)8/h2-14H,15-21H2,1H3;1-2H,(H,5,6)(H,7,8)/b;2-1+. The Hall–Kier alpha value is -4.63. The van der Waals surface area contributed by atoms with Crippen molar-refractivity contribution in [3.05, 3.63) is 108 Å². The van der Waals surface area contributed by atoms with Gasteiger partial charge in [-0.2, -0.15) is 0 Å². The second-order valence-corrected chi connectivity index (χ2v) is 9.47. The van der Waals surface area contributed by atoms with Crippen LogP contribution in [0.25, 0.3) is 0 Å². The highest BCUT2D eigenvalue weighted by Crippen LogP contribution is 2.30. The summed E-state index contributed by atoms with van der Waals surface area (Å²) in [6.07, 6.45) is 1.12. The van der Waals surface area contributed by atoms with Gasteiger partial charge in [0.2, 0.25) is 5.96 Å². The predicted octanol–water partition coefficient (Wildman–Crippen LogP) is 4.23. The molecule has 0 bridgehead atoms. The summed E-state index contributed by atoms with van der Waals surface area (Å²) in [7, 11) is 1.74. The number of rotatable bonds is 7. The lowest BCUT2D eigenvalue weighted by Crippen LogP contribution is -2.53. The maximum Gasteiger partial charge on any atom is 0.328 e. The zero-order valence-electron chi connectivity index (χ0n) is 22.5. The van der Waals surface area contributed by atoms with E-state index in [4.69, 9.17) is 19.9 Å². The Morgan fingerprint density at radius 1 is 0.825 bits per heavy atom. The number of guanidine groups is 1. The molecule has 0 radical (unpaired) electrons. The molecule has 0 aliphatic carbocycles.